The molecule has 2 aromatic rings. The van der Waals surface area contributed by atoms with Crippen LogP contribution in [0.3, 0.4) is 0 Å². The predicted octanol–water partition coefficient (Wildman–Crippen LogP) is 2.70. The van der Waals surface area contributed by atoms with Gasteiger partial charge < -0.3 is 0 Å². The standard InChI is InChI=1S/C12H11P/c1-2-4-10-9(3-1)5-6-12-11(10)7-8-13-12/h1-6,13H,7-8H2. The van der Waals surface area contributed by atoms with Crippen LogP contribution in [0.25, 0.3) is 10.8 Å². The number of rotatable bonds is 0. The van der Waals surface area contributed by atoms with Gasteiger partial charge in [0.2, 0.25) is 0 Å². The van der Waals surface area contributed by atoms with Crippen LogP contribution in [0.1, 0.15) is 5.56 Å². The van der Waals surface area contributed by atoms with Crippen molar-refractivity contribution in [1.82, 2.24) is 0 Å². The zero-order valence-electron chi connectivity index (χ0n) is 7.38. The molecule has 0 bridgehead atoms. The SMILES string of the molecule is c1ccc2c3c(ccc2c1)PCC3. The molecule has 1 aliphatic heterocycles. The maximum Gasteiger partial charge on any atom is -0.0146 e. The monoisotopic (exact) mass is 186 g/mol. The fourth-order valence-corrected chi connectivity index (χ4v) is 3.41. The molecule has 13 heavy (non-hydrogen) atoms. The Morgan fingerprint density at radius 3 is 2.92 bits per heavy atom. The van der Waals surface area contributed by atoms with E-state index in [0.29, 0.717) is 0 Å². The summed E-state index contributed by atoms with van der Waals surface area (Å²) in [5, 5.41) is 4.47. The van der Waals surface area contributed by atoms with Crippen molar-refractivity contribution in [1.29, 1.82) is 0 Å². The van der Waals surface area contributed by atoms with Crippen LogP contribution in [-0.4, -0.2) is 6.16 Å². The van der Waals surface area contributed by atoms with E-state index in [-0.39, 0.29) is 0 Å². The first-order chi connectivity index (χ1) is 6.45. The van der Waals surface area contributed by atoms with Crippen molar-refractivity contribution in [2.45, 2.75) is 6.42 Å². The second-order valence-corrected chi connectivity index (χ2v) is 4.88. The molecule has 0 saturated heterocycles. The van der Waals surface area contributed by atoms with Gasteiger partial charge in [0.1, 0.15) is 0 Å². The van der Waals surface area contributed by atoms with E-state index in [9.17, 15) is 0 Å². The summed E-state index contributed by atoms with van der Waals surface area (Å²) < 4.78 is 0. The minimum atomic E-state index is 1.04. The summed E-state index contributed by atoms with van der Waals surface area (Å²) in [6, 6.07) is 13.3. The Hall–Kier alpha value is -0.870. The molecule has 0 fully saturated rings. The molecule has 0 spiro atoms. The van der Waals surface area contributed by atoms with Gasteiger partial charge in [-0.3, -0.25) is 0 Å². The van der Waals surface area contributed by atoms with Crippen molar-refractivity contribution in [2.75, 3.05) is 6.16 Å². The molecular weight excluding hydrogens is 175 g/mol. The Kier molecular flexibility index (Phi) is 1.63. The van der Waals surface area contributed by atoms with Gasteiger partial charge in [-0.25, -0.2) is 0 Å². The van der Waals surface area contributed by atoms with Gasteiger partial charge in [-0.1, -0.05) is 45.0 Å². The maximum absolute atomic E-state index is 2.31. The molecule has 0 saturated carbocycles. The topological polar surface area (TPSA) is 0 Å². The molecule has 1 atom stereocenters. The van der Waals surface area contributed by atoms with Gasteiger partial charge in [0.05, 0.1) is 0 Å². The average molecular weight is 186 g/mol. The summed E-state index contributed by atoms with van der Waals surface area (Å²) in [4.78, 5) is 0. The van der Waals surface area contributed by atoms with E-state index >= 15 is 0 Å². The van der Waals surface area contributed by atoms with Crippen molar-refractivity contribution >= 4 is 24.7 Å². The fourth-order valence-electron chi connectivity index (χ4n) is 2.09. The second-order valence-electron chi connectivity index (χ2n) is 3.49. The van der Waals surface area contributed by atoms with Crippen LogP contribution in [0.5, 0.6) is 0 Å². The molecule has 0 radical (unpaired) electrons. The molecule has 3 rings (SSSR count). The molecular formula is C12H11P. The van der Waals surface area contributed by atoms with E-state index in [4.69, 9.17) is 0 Å². The number of hydrogen-bond acceptors (Lipinski definition) is 0. The largest absolute Gasteiger partial charge is 0.0897 e. The van der Waals surface area contributed by atoms with Crippen LogP contribution in [-0.2, 0) is 6.42 Å². The zero-order valence-corrected chi connectivity index (χ0v) is 8.38. The minimum Gasteiger partial charge on any atom is -0.0897 e. The minimum absolute atomic E-state index is 1.04. The Bertz CT molecular complexity index is 460. The van der Waals surface area contributed by atoms with Gasteiger partial charge in [-0.2, -0.15) is 0 Å². The summed E-state index contributed by atoms with van der Waals surface area (Å²) >= 11 is 0. The summed E-state index contributed by atoms with van der Waals surface area (Å²) in [6.45, 7) is 0. The third kappa shape index (κ3) is 1.09. The van der Waals surface area contributed by atoms with E-state index < -0.39 is 0 Å². The smallest absolute Gasteiger partial charge is 0.0146 e. The summed E-state index contributed by atoms with van der Waals surface area (Å²) in [5.74, 6) is 0. The lowest BCUT2D eigenvalue weighted by atomic mass is 10.0. The molecule has 0 N–H and O–H groups in total. The number of hydrogen-bond donors (Lipinski definition) is 0. The molecule has 1 aliphatic rings. The lowest BCUT2D eigenvalue weighted by molar-refractivity contribution is 1.22. The van der Waals surface area contributed by atoms with E-state index in [1.807, 2.05) is 0 Å². The van der Waals surface area contributed by atoms with Gasteiger partial charge in [-0.15, -0.1) is 0 Å². The Morgan fingerprint density at radius 2 is 1.92 bits per heavy atom. The van der Waals surface area contributed by atoms with Gasteiger partial charge in [0.15, 0.2) is 0 Å². The highest BCUT2D eigenvalue weighted by Crippen LogP contribution is 2.29. The number of benzene rings is 2. The van der Waals surface area contributed by atoms with Gasteiger partial charge >= 0.3 is 0 Å². The van der Waals surface area contributed by atoms with Crippen LogP contribution in [0.15, 0.2) is 36.4 Å². The summed E-state index contributed by atoms with van der Waals surface area (Å²) in [5.41, 5.74) is 1.61. The van der Waals surface area contributed by atoms with Crippen molar-refractivity contribution in [3.8, 4) is 0 Å². The van der Waals surface area contributed by atoms with Crippen LogP contribution < -0.4 is 5.30 Å². The first-order valence-electron chi connectivity index (χ1n) is 4.70. The molecule has 2 aromatic carbocycles. The highest BCUT2D eigenvalue weighted by atomic mass is 31.1. The first kappa shape index (κ1) is 7.53. The van der Waals surface area contributed by atoms with Crippen LogP contribution in [0.4, 0.5) is 0 Å². The highest BCUT2D eigenvalue weighted by molar-refractivity contribution is 7.47. The molecule has 0 amide bonds. The Labute approximate surface area is 79.8 Å². The van der Waals surface area contributed by atoms with Gasteiger partial charge in [-0.05, 0) is 34.2 Å². The van der Waals surface area contributed by atoms with Crippen molar-refractivity contribution in [3.05, 3.63) is 42.0 Å². The molecule has 64 valence electrons. The van der Waals surface area contributed by atoms with E-state index in [0.717, 1.165) is 8.58 Å². The van der Waals surface area contributed by atoms with Crippen molar-refractivity contribution < 1.29 is 0 Å². The van der Waals surface area contributed by atoms with Crippen molar-refractivity contribution in [2.24, 2.45) is 0 Å². The summed E-state index contributed by atoms with van der Waals surface area (Å²) in [6.07, 6.45) is 2.65. The van der Waals surface area contributed by atoms with E-state index in [1.165, 1.54) is 23.4 Å². The fraction of sp³-hybridized carbons (Fsp3) is 0.167. The Balaban J connectivity index is 2.43. The first-order valence-corrected chi connectivity index (χ1v) is 5.90. The molecule has 0 aliphatic carbocycles. The molecule has 1 unspecified atom stereocenters. The molecule has 0 aromatic heterocycles. The molecule has 0 nitrogen and oxygen atoms in total. The van der Waals surface area contributed by atoms with Crippen molar-refractivity contribution in [3.63, 3.8) is 0 Å². The van der Waals surface area contributed by atoms with E-state index in [2.05, 4.69) is 36.4 Å². The van der Waals surface area contributed by atoms with Crippen LogP contribution in [0.2, 0.25) is 0 Å². The molecule has 1 heteroatoms. The zero-order chi connectivity index (χ0) is 8.67. The lowest BCUT2D eigenvalue weighted by Crippen LogP contribution is -1.96. The third-order valence-corrected chi connectivity index (χ3v) is 4.08. The van der Waals surface area contributed by atoms with Gasteiger partial charge in [0.25, 0.3) is 0 Å². The Morgan fingerprint density at radius 1 is 1.00 bits per heavy atom. The van der Waals surface area contributed by atoms with Crippen LogP contribution >= 0.6 is 8.58 Å². The van der Waals surface area contributed by atoms with Gasteiger partial charge in [0, 0.05) is 0 Å². The predicted molar refractivity (Wildman–Crippen MR) is 60.5 cm³/mol. The van der Waals surface area contributed by atoms with E-state index in [1.54, 1.807) is 10.9 Å². The highest BCUT2D eigenvalue weighted by Gasteiger charge is 2.12. The quantitative estimate of drug-likeness (QED) is 0.555. The molecule has 1 heterocycles. The number of fused-ring (bicyclic) bond motifs is 3. The lowest BCUT2D eigenvalue weighted by Gasteiger charge is -2.03. The number of aryl methyl sites for hydroxylation is 1. The summed E-state index contributed by atoms with van der Waals surface area (Å²) in [7, 11) is 1.04. The average Bonchev–Trinajstić information content (AvgIpc) is 2.65. The third-order valence-electron chi connectivity index (χ3n) is 2.73. The second kappa shape index (κ2) is 2.82. The maximum atomic E-state index is 2.31. The normalized spacial score (nSPS) is 16.6. The van der Waals surface area contributed by atoms with Crippen LogP contribution in [0, 0.1) is 0 Å².